The highest BCUT2D eigenvalue weighted by molar-refractivity contribution is 6.14. The normalized spacial score (nSPS) is 18.6. The minimum absolute atomic E-state index is 0. The van der Waals surface area contributed by atoms with Crippen molar-refractivity contribution in [3.05, 3.63) is 35.8 Å². The molecule has 0 spiro atoms. The molecule has 4 rings (SSSR count). The van der Waals surface area contributed by atoms with Crippen LogP contribution in [0.5, 0.6) is 0 Å². The molecule has 0 saturated carbocycles. The number of aliphatic imine (C=N–C) groups is 1. The maximum absolute atomic E-state index is 12.1. The second-order valence-corrected chi connectivity index (χ2v) is 5.26. The molecule has 2 aliphatic rings. The van der Waals surface area contributed by atoms with Crippen LogP contribution in [0.1, 0.15) is 18.4 Å². The van der Waals surface area contributed by atoms with Gasteiger partial charge < -0.3 is 9.88 Å². The molecule has 4 heterocycles. The third-order valence-corrected chi connectivity index (χ3v) is 3.87. The van der Waals surface area contributed by atoms with Gasteiger partial charge in [0.2, 0.25) is 5.96 Å². The smallest absolute Gasteiger partial charge is 0.276 e. The number of nitrogens with zero attached hydrogens (tertiary/aromatic N) is 3. The molecular weight excluding hydrogens is 337 g/mol. The maximum atomic E-state index is 12.1. The Morgan fingerprint density at radius 2 is 2.00 bits per heavy atom. The molecule has 8 heteroatoms. The van der Waals surface area contributed by atoms with Gasteiger partial charge in [-0.2, -0.15) is 0 Å². The van der Waals surface area contributed by atoms with Gasteiger partial charge in [-0.3, -0.25) is 10.1 Å². The second-order valence-electron chi connectivity index (χ2n) is 5.26. The summed E-state index contributed by atoms with van der Waals surface area (Å²) in [4.78, 5) is 26.0. The van der Waals surface area contributed by atoms with Crippen LogP contribution in [0.15, 0.2) is 35.2 Å². The first-order valence-electron chi connectivity index (χ1n) is 7.10. The standard InChI is InChI=1S/C15H15N5O.2ClH/c21-14-12(18-15(19-14)20-6-1-2-7-20)8-10-9-17-13-11(10)4-3-5-16-13;;/h3-5,8-9H,1-2,6-7H2,(H,16,17)(H,18,19,21);2*1H/b12-8-;;. The number of fused-ring (bicyclic) bond motifs is 1. The maximum Gasteiger partial charge on any atom is 0.276 e. The third-order valence-electron chi connectivity index (χ3n) is 3.87. The van der Waals surface area contributed by atoms with Gasteiger partial charge in [-0.15, -0.1) is 24.8 Å². The van der Waals surface area contributed by atoms with Crippen LogP contribution in [0.4, 0.5) is 0 Å². The van der Waals surface area contributed by atoms with E-state index in [0.717, 1.165) is 42.5 Å². The van der Waals surface area contributed by atoms with Crippen LogP contribution in [-0.4, -0.2) is 39.8 Å². The van der Waals surface area contributed by atoms with Crippen LogP contribution in [0.25, 0.3) is 17.1 Å². The Morgan fingerprint density at radius 1 is 1.22 bits per heavy atom. The number of amides is 1. The van der Waals surface area contributed by atoms with Crippen molar-refractivity contribution < 1.29 is 4.79 Å². The molecule has 0 bridgehead atoms. The zero-order chi connectivity index (χ0) is 14.2. The number of aromatic amines is 1. The van der Waals surface area contributed by atoms with Crippen LogP contribution in [0, 0.1) is 0 Å². The van der Waals surface area contributed by atoms with E-state index in [0.29, 0.717) is 11.7 Å². The lowest BCUT2D eigenvalue weighted by Gasteiger charge is -2.15. The minimum Gasteiger partial charge on any atom is -0.346 e. The highest BCUT2D eigenvalue weighted by atomic mass is 35.5. The Morgan fingerprint density at radius 3 is 2.78 bits per heavy atom. The van der Waals surface area contributed by atoms with E-state index in [-0.39, 0.29) is 30.7 Å². The first kappa shape index (κ1) is 17.3. The SMILES string of the molecule is Cl.Cl.O=C1NC(N2CCCC2)=N/C1=C\c1c[nH]c2ncccc12. The monoisotopic (exact) mass is 353 g/mol. The number of likely N-dealkylation sites (tertiary alicyclic amines) is 1. The molecule has 6 nitrogen and oxygen atoms in total. The summed E-state index contributed by atoms with van der Waals surface area (Å²) in [6, 6.07) is 3.86. The van der Waals surface area contributed by atoms with Crippen LogP contribution in [0.3, 0.4) is 0 Å². The number of aromatic nitrogens is 2. The third kappa shape index (κ3) is 3.18. The van der Waals surface area contributed by atoms with Gasteiger partial charge in [0.25, 0.3) is 5.91 Å². The van der Waals surface area contributed by atoms with E-state index >= 15 is 0 Å². The zero-order valence-corrected chi connectivity index (χ0v) is 13.9. The van der Waals surface area contributed by atoms with Gasteiger partial charge in [-0.1, -0.05) is 0 Å². The van der Waals surface area contributed by atoms with Crippen molar-refractivity contribution in [3.63, 3.8) is 0 Å². The fraction of sp³-hybridized carbons (Fsp3) is 0.267. The van der Waals surface area contributed by atoms with E-state index in [1.807, 2.05) is 18.3 Å². The predicted octanol–water partition coefficient (Wildman–Crippen LogP) is 2.33. The molecule has 0 aromatic carbocycles. The molecule has 0 unspecified atom stereocenters. The molecule has 1 amide bonds. The number of H-pyrrole nitrogens is 1. The summed E-state index contributed by atoms with van der Waals surface area (Å²) in [5.74, 6) is 0.539. The van der Waals surface area contributed by atoms with Crippen LogP contribution < -0.4 is 5.32 Å². The Hall–Kier alpha value is -2.05. The summed E-state index contributed by atoms with van der Waals surface area (Å²) in [5, 5.41) is 3.84. The van der Waals surface area contributed by atoms with E-state index in [2.05, 4.69) is 25.2 Å². The van der Waals surface area contributed by atoms with E-state index in [4.69, 9.17) is 0 Å². The summed E-state index contributed by atoms with van der Waals surface area (Å²) in [6.07, 6.45) is 7.70. The number of halogens is 2. The fourth-order valence-electron chi connectivity index (χ4n) is 2.78. The van der Waals surface area contributed by atoms with E-state index in [1.165, 1.54) is 0 Å². The van der Waals surface area contributed by atoms with Crippen molar-refractivity contribution in [2.45, 2.75) is 12.8 Å². The van der Waals surface area contributed by atoms with Crippen molar-refractivity contribution >= 4 is 53.8 Å². The molecule has 0 aliphatic carbocycles. The Balaban J connectivity index is 0.000000960. The minimum atomic E-state index is -0.143. The largest absolute Gasteiger partial charge is 0.346 e. The van der Waals surface area contributed by atoms with Gasteiger partial charge in [0.1, 0.15) is 11.3 Å². The van der Waals surface area contributed by atoms with E-state index in [9.17, 15) is 4.79 Å². The highest BCUT2D eigenvalue weighted by Crippen LogP contribution is 2.21. The topological polar surface area (TPSA) is 73.4 Å². The average molecular weight is 354 g/mol. The lowest BCUT2D eigenvalue weighted by Crippen LogP contribution is -2.38. The number of nitrogens with one attached hydrogen (secondary N) is 2. The van der Waals surface area contributed by atoms with Gasteiger partial charge >= 0.3 is 0 Å². The van der Waals surface area contributed by atoms with Gasteiger partial charge in [-0.05, 0) is 31.1 Å². The van der Waals surface area contributed by atoms with Crippen LogP contribution in [0.2, 0.25) is 0 Å². The Bertz CT molecular complexity index is 777. The summed E-state index contributed by atoms with van der Waals surface area (Å²) in [5.41, 5.74) is 2.18. The first-order chi connectivity index (χ1) is 10.3. The molecule has 23 heavy (non-hydrogen) atoms. The quantitative estimate of drug-likeness (QED) is 0.772. The number of pyridine rings is 1. The zero-order valence-electron chi connectivity index (χ0n) is 12.3. The molecule has 122 valence electrons. The van der Waals surface area contributed by atoms with Crippen molar-refractivity contribution in [2.24, 2.45) is 4.99 Å². The average Bonchev–Trinajstić information content (AvgIpc) is 3.21. The molecule has 2 aliphatic heterocycles. The Kier molecular flexibility index (Phi) is 5.28. The van der Waals surface area contributed by atoms with E-state index < -0.39 is 0 Å². The molecule has 1 saturated heterocycles. The molecule has 2 aromatic rings. The molecule has 2 N–H and O–H groups in total. The van der Waals surface area contributed by atoms with Gasteiger partial charge in [-0.25, -0.2) is 9.98 Å². The number of guanidine groups is 1. The first-order valence-corrected chi connectivity index (χ1v) is 7.10. The van der Waals surface area contributed by atoms with Crippen molar-refractivity contribution in [2.75, 3.05) is 13.1 Å². The molecule has 0 atom stereocenters. The van der Waals surface area contributed by atoms with Crippen LogP contribution >= 0.6 is 24.8 Å². The fourth-order valence-corrected chi connectivity index (χ4v) is 2.78. The van der Waals surface area contributed by atoms with Crippen molar-refractivity contribution in [3.8, 4) is 0 Å². The van der Waals surface area contributed by atoms with Crippen molar-refractivity contribution in [1.29, 1.82) is 0 Å². The van der Waals surface area contributed by atoms with Crippen LogP contribution in [-0.2, 0) is 4.79 Å². The van der Waals surface area contributed by atoms with Gasteiger partial charge in [0.05, 0.1) is 0 Å². The summed E-state index contributed by atoms with van der Waals surface area (Å²) < 4.78 is 0. The highest BCUT2D eigenvalue weighted by Gasteiger charge is 2.26. The number of hydrogen-bond acceptors (Lipinski definition) is 4. The summed E-state index contributed by atoms with van der Waals surface area (Å²) >= 11 is 0. The summed E-state index contributed by atoms with van der Waals surface area (Å²) in [7, 11) is 0. The Labute approximate surface area is 145 Å². The molecule has 0 radical (unpaired) electrons. The second kappa shape index (κ2) is 7.02. The molecular formula is C15H17Cl2N5O. The lowest BCUT2D eigenvalue weighted by molar-refractivity contribution is -0.115. The lowest BCUT2D eigenvalue weighted by atomic mass is 10.2. The number of carbonyl (C=O) groups is 1. The predicted molar refractivity (Wildman–Crippen MR) is 95.0 cm³/mol. The molecule has 2 aromatic heterocycles. The van der Waals surface area contributed by atoms with Gasteiger partial charge in [0.15, 0.2) is 0 Å². The summed E-state index contributed by atoms with van der Waals surface area (Å²) in [6.45, 7) is 1.92. The number of rotatable bonds is 1. The van der Waals surface area contributed by atoms with Gasteiger partial charge in [0, 0.05) is 36.4 Å². The molecule has 1 fully saturated rings. The number of carbonyl (C=O) groups excluding carboxylic acids is 1. The number of hydrogen-bond donors (Lipinski definition) is 2. The van der Waals surface area contributed by atoms with Crippen molar-refractivity contribution in [1.82, 2.24) is 20.2 Å². The van der Waals surface area contributed by atoms with E-state index in [1.54, 1.807) is 12.3 Å².